The largest absolute Gasteiger partial charge is 0.473 e. The highest BCUT2D eigenvalue weighted by atomic mass is 32.1. The first-order valence-corrected chi connectivity index (χ1v) is 11.4. The van der Waals surface area contributed by atoms with E-state index in [1.165, 1.54) is 17.7 Å². The van der Waals surface area contributed by atoms with Crippen LogP contribution in [0.4, 0.5) is 11.5 Å². The van der Waals surface area contributed by atoms with E-state index in [9.17, 15) is 9.90 Å². The zero-order valence-electron chi connectivity index (χ0n) is 17.9. The minimum absolute atomic E-state index is 0.0139. The molecule has 0 bridgehead atoms. The van der Waals surface area contributed by atoms with Gasteiger partial charge in [0.15, 0.2) is 0 Å². The lowest BCUT2D eigenvalue weighted by Gasteiger charge is -2.26. The third-order valence-electron chi connectivity index (χ3n) is 5.34. The van der Waals surface area contributed by atoms with Crippen LogP contribution in [0.2, 0.25) is 0 Å². The molecule has 1 amide bonds. The summed E-state index contributed by atoms with van der Waals surface area (Å²) in [5.41, 5.74) is 1.54. The first-order chi connectivity index (χ1) is 14.9. The number of nitrogens with one attached hydrogen (secondary N) is 2. The molecule has 0 radical (unpaired) electrons. The third-order valence-corrected chi connectivity index (χ3v) is 6.54. The van der Waals surface area contributed by atoms with Crippen LogP contribution in [0.25, 0.3) is 10.2 Å². The van der Waals surface area contributed by atoms with E-state index in [4.69, 9.17) is 4.74 Å². The minimum atomic E-state index is -0.250. The summed E-state index contributed by atoms with van der Waals surface area (Å²) in [6, 6.07) is 3.80. The number of amides is 1. The highest BCUT2D eigenvalue weighted by molar-refractivity contribution is 7.20. The fourth-order valence-corrected chi connectivity index (χ4v) is 4.84. The monoisotopic (exact) mass is 441 g/mol. The van der Waals surface area contributed by atoms with Crippen LogP contribution >= 0.6 is 11.3 Å². The van der Waals surface area contributed by atoms with Crippen molar-refractivity contribution < 1.29 is 14.6 Å². The zero-order chi connectivity index (χ0) is 22.0. The summed E-state index contributed by atoms with van der Waals surface area (Å²) in [7, 11) is 0. The molecular formula is C22H27N5O3S. The van der Waals surface area contributed by atoms with E-state index >= 15 is 0 Å². The van der Waals surface area contributed by atoms with Crippen LogP contribution in [0.5, 0.6) is 5.88 Å². The molecule has 1 aliphatic carbocycles. The molecule has 0 spiro atoms. The smallest absolute Gasteiger partial charge is 0.261 e. The highest BCUT2D eigenvalue weighted by Gasteiger charge is 2.25. The van der Waals surface area contributed by atoms with E-state index in [2.05, 4.69) is 25.6 Å². The highest BCUT2D eigenvalue weighted by Crippen LogP contribution is 2.36. The number of thiophene rings is 1. The predicted molar refractivity (Wildman–Crippen MR) is 121 cm³/mol. The van der Waals surface area contributed by atoms with Crippen molar-refractivity contribution in [1.82, 2.24) is 20.3 Å². The van der Waals surface area contributed by atoms with E-state index in [1.807, 2.05) is 32.9 Å². The second-order valence-corrected chi connectivity index (χ2v) is 9.08. The van der Waals surface area contributed by atoms with Crippen LogP contribution in [-0.2, 0) is 0 Å². The molecule has 164 valence electrons. The summed E-state index contributed by atoms with van der Waals surface area (Å²) in [5.74, 6) is 1.01. The number of fused-ring (bicyclic) bond motifs is 1. The Bertz CT molecular complexity index is 1080. The second kappa shape index (κ2) is 9.15. The lowest BCUT2D eigenvalue weighted by Crippen LogP contribution is -2.38. The minimum Gasteiger partial charge on any atom is -0.473 e. The van der Waals surface area contributed by atoms with Crippen molar-refractivity contribution in [3.8, 4) is 5.88 Å². The fraction of sp³-hybridized carbons (Fsp3) is 0.455. The van der Waals surface area contributed by atoms with E-state index in [-0.39, 0.29) is 24.2 Å². The quantitative estimate of drug-likeness (QED) is 0.531. The van der Waals surface area contributed by atoms with Crippen molar-refractivity contribution in [2.24, 2.45) is 0 Å². The molecule has 1 aliphatic rings. The topological polar surface area (TPSA) is 109 Å². The number of nitrogens with zero attached hydrogens (tertiary/aromatic N) is 3. The fourth-order valence-electron chi connectivity index (χ4n) is 3.78. The molecular weight excluding hydrogens is 414 g/mol. The summed E-state index contributed by atoms with van der Waals surface area (Å²) in [6.07, 6.45) is 5.95. The van der Waals surface area contributed by atoms with Crippen LogP contribution in [0.15, 0.2) is 24.7 Å². The number of aryl methyl sites for hydroxylation is 1. The Morgan fingerprint density at radius 2 is 2.00 bits per heavy atom. The van der Waals surface area contributed by atoms with Gasteiger partial charge < -0.3 is 20.5 Å². The Morgan fingerprint density at radius 1 is 1.23 bits per heavy atom. The molecule has 8 nitrogen and oxygen atoms in total. The van der Waals surface area contributed by atoms with Crippen LogP contribution in [-0.4, -0.2) is 44.2 Å². The van der Waals surface area contributed by atoms with Crippen LogP contribution < -0.4 is 15.4 Å². The summed E-state index contributed by atoms with van der Waals surface area (Å²) in [5, 5.41) is 16.9. The maximum Gasteiger partial charge on any atom is 0.261 e. The molecule has 4 rings (SSSR count). The van der Waals surface area contributed by atoms with E-state index in [1.54, 1.807) is 6.20 Å². The maximum absolute atomic E-state index is 13.0. The Labute approximate surface area is 185 Å². The molecule has 3 N–H and O–H groups in total. The molecule has 1 fully saturated rings. The van der Waals surface area contributed by atoms with Crippen LogP contribution in [0.3, 0.4) is 0 Å². The molecule has 1 saturated carbocycles. The van der Waals surface area contributed by atoms with Gasteiger partial charge in [-0.25, -0.2) is 15.0 Å². The van der Waals surface area contributed by atoms with Gasteiger partial charge in [0, 0.05) is 12.2 Å². The van der Waals surface area contributed by atoms with Crippen molar-refractivity contribution >= 4 is 39.0 Å². The third kappa shape index (κ3) is 4.77. The van der Waals surface area contributed by atoms with Gasteiger partial charge in [0.1, 0.15) is 22.7 Å². The molecule has 0 aromatic carbocycles. The summed E-state index contributed by atoms with van der Waals surface area (Å²) in [6.45, 7) is 5.81. The Kier molecular flexibility index (Phi) is 6.33. The average molecular weight is 442 g/mol. The van der Waals surface area contributed by atoms with Crippen molar-refractivity contribution in [1.29, 1.82) is 0 Å². The standard InChI is InChI=1S/C22H27N5O3S/c1-12(2)30-21-16(5-4-10-23-21)27-19-17-13(3)18(31-22(17)25-11-24-19)20(29)26-14-6-8-15(28)9-7-14/h4-5,10-12,14-15,28H,6-9H2,1-3H3,(H,26,29)(H,24,25,27). The van der Waals surface area contributed by atoms with E-state index in [0.717, 1.165) is 41.5 Å². The van der Waals surface area contributed by atoms with Gasteiger partial charge in [-0.2, -0.15) is 0 Å². The van der Waals surface area contributed by atoms with Crippen molar-refractivity contribution in [3.05, 3.63) is 35.1 Å². The lowest BCUT2D eigenvalue weighted by atomic mass is 9.93. The van der Waals surface area contributed by atoms with Crippen molar-refractivity contribution in [2.45, 2.75) is 64.7 Å². The molecule has 31 heavy (non-hydrogen) atoms. The number of ether oxygens (including phenoxy) is 1. The van der Waals surface area contributed by atoms with Gasteiger partial charge in [0.05, 0.1) is 22.5 Å². The second-order valence-electron chi connectivity index (χ2n) is 8.09. The number of hydrogen-bond acceptors (Lipinski definition) is 8. The number of rotatable bonds is 6. The number of aliphatic hydroxyl groups is 1. The van der Waals surface area contributed by atoms with Gasteiger partial charge in [-0.3, -0.25) is 4.79 Å². The van der Waals surface area contributed by atoms with Crippen molar-refractivity contribution in [3.63, 3.8) is 0 Å². The number of carbonyl (C=O) groups is 1. The van der Waals surface area contributed by atoms with Crippen LogP contribution in [0, 0.1) is 6.92 Å². The summed E-state index contributed by atoms with van der Waals surface area (Å²) < 4.78 is 5.80. The molecule has 9 heteroatoms. The van der Waals surface area contributed by atoms with Gasteiger partial charge in [-0.15, -0.1) is 11.3 Å². The molecule has 0 aliphatic heterocycles. The number of pyridine rings is 1. The first-order valence-electron chi connectivity index (χ1n) is 10.5. The molecule has 0 saturated heterocycles. The summed E-state index contributed by atoms with van der Waals surface area (Å²) >= 11 is 1.36. The number of aliphatic hydroxyl groups excluding tert-OH is 1. The van der Waals surface area contributed by atoms with Gasteiger partial charge in [0.25, 0.3) is 5.91 Å². The van der Waals surface area contributed by atoms with E-state index < -0.39 is 0 Å². The SMILES string of the molecule is Cc1c(C(=O)NC2CCC(O)CC2)sc2ncnc(Nc3cccnc3OC(C)C)c12. The number of hydrogen-bond donors (Lipinski definition) is 3. The van der Waals surface area contributed by atoms with Gasteiger partial charge in [0.2, 0.25) is 5.88 Å². The molecule has 3 aromatic heterocycles. The van der Waals surface area contributed by atoms with Gasteiger partial charge in [-0.1, -0.05) is 0 Å². The zero-order valence-corrected chi connectivity index (χ0v) is 18.7. The molecule has 3 aromatic rings. The molecule has 0 atom stereocenters. The maximum atomic E-state index is 13.0. The Hall–Kier alpha value is -2.78. The predicted octanol–water partition coefficient (Wildman–Crippen LogP) is 3.96. The van der Waals surface area contributed by atoms with Gasteiger partial charge in [-0.05, 0) is 64.2 Å². The molecule has 3 heterocycles. The van der Waals surface area contributed by atoms with Crippen molar-refractivity contribution in [2.75, 3.05) is 5.32 Å². The number of aromatic nitrogens is 3. The molecule has 0 unspecified atom stereocenters. The summed E-state index contributed by atoms with van der Waals surface area (Å²) in [4.78, 5) is 27.5. The Morgan fingerprint density at radius 3 is 2.74 bits per heavy atom. The van der Waals surface area contributed by atoms with Crippen LogP contribution in [0.1, 0.15) is 54.8 Å². The average Bonchev–Trinajstić information content (AvgIpc) is 3.08. The number of carbonyl (C=O) groups excluding carboxylic acids is 1. The lowest BCUT2D eigenvalue weighted by molar-refractivity contribution is 0.0871. The number of anilines is 2. The first kappa shape index (κ1) is 21.5. The normalized spacial score (nSPS) is 18.9. The van der Waals surface area contributed by atoms with E-state index in [0.29, 0.717) is 22.3 Å². The Balaban J connectivity index is 1.61. The van der Waals surface area contributed by atoms with Gasteiger partial charge >= 0.3 is 0 Å².